The second-order valence-corrected chi connectivity index (χ2v) is 6.79. The summed E-state index contributed by atoms with van der Waals surface area (Å²) in [6.45, 7) is 0.909. The zero-order valence-electron chi connectivity index (χ0n) is 12.0. The maximum Gasteiger partial charge on any atom is 0.326 e. The molecule has 0 aromatic carbocycles. The molecule has 0 aliphatic carbocycles. The number of rotatable bonds is 9. The Kier molecular flexibility index (Phi) is 8.16. The lowest BCUT2D eigenvalue weighted by Gasteiger charge is -2.21. The summed E-state index contributed by atoms with van der Waals surface area (Å²) in [7, 11) is -0.196. The fourth-order valence-electron chi connectivity index (χ4n) is 1.40. The first-order valence-corrected chi connectivity index (χ1v) is 8.14. The van der Waals surface area contributed by atoms with E-state index in [0.717, 1.165) is 6.26 Å². The first kappa shape index (κ1) is 18.7. The van der Waals surface area contributed by atoms with Crippen molar-refractivity contribution in [1.82, 2.24) is 10.2 Å². The average molecular weight is 310 g/mol. The molecule has 118 valence electrons. The van der Waals surface area contributed by atoms with Gasteiger partial charge in [-0.05, 0) is 12.8 Å². The summed E-state index contributed by atoms with van der Waals surface area (Å²) in [5.74, 6) is -1.55. The third-order valence-corrected chi connectivity index (χ3v) is 3.54. The summed E-state index contributed by atoms with van der Waals surface area (Å²) in [5, 5.41) is 11.3. The molecule has 0 aliphatic rings. The van der Waals surface area contributed by atoms with Gasteiger partial charge in [0.15, 0.2) is 0 Å². The van der Waals surface area contributed by atoms with Crippen molar-refractivity contribution in [3.8, 4) is 0 Å². The molecule has 8 nitrogen and oxygen atoms in total. The Balaban J connectivity index is 4.36. The highest BCUT2D eigenvalue weighted by Gasteiger charge is 2.22. The molecular weight excluding hydrogens is 288 g/mol. The quantitative estimate of drug-likeness (QED) is 0.558. The van der Waals surface area contributed by atoms with Gasteiger partial charge >= 0.3 is 12.0 Å². The maximum absolute atomic E-state index is 11.7. The van der Waals surface area contributed by atoms with Gasteiger partial charge in [0.1, 0.15) is 15.9 Å². The number of hydrogen-bond acceptors (Lipinski definition) is 5. The molecule has 1 atom stereocenters. The molecule has 9 heteroatoms. The van der Waals surface area contributed by atoms with Crippen LogP contribution in [0.15, 0.2) is 0 Å². The summed E-state index contributed by atoms with van der Waals surface area (Å²) in [4.78, 5) is 24.1. The van der Waals surface area contributed by atoms with E-state index < -0.39 is 27.9 Å². The zero-order chi connectivity index (χ0) is 15.8. The lowest BCUT2D eigenvalue weighted by atomic mass is 10.2. The zero-order valence-corrected chi connectivity index (χ0v) is 12.8. The summed E-state index contributed by atoms with van der Waals surface area (Å²) < 4.78 is 26.9. The van der Waals surface area contributed by atoms with E-state index in [2.05, 4.69) is 5.32 Å². The van der Waals surface area contributed by atoms with Gasteiger partial charge in [-0.3, -0.25) is 0 Å². The van der Waals surface area contributed by atoms with Gasteiger partial charge in [-0.2, -0.15) is 0 Å². The number of nitrogens with one attached hydrogen (secondary N) is 1. The minimum absolute atomic E-state index is 0.161. The normalized spacial score (nSPS) is 12.8. The highest BCUT2D eigenvalue weighted by atomic mass is 32.2. The number of hydrogen-bond donors (Lipinski definition) is 2. The van der Waals surface area contributed by atoms with Crippen molar-refractivity contribution >= 4 is 21.8 Å². The van der Waals surface area contributed by atoms with Crippen molar-refractivity contribution in [3.05, 3.63) is 0 Å². The van der Waals surface area contributed by atoms with Gasteiger partial charge in [0.05, 0.1) is 5.75 Å². The van der Waals surface area contributed by atoms with Gasteiger partial charge in [-0.25, -0.2) is 18.0 Å². The number of carbonyl (C=O) groups is 2. The molecule has 1 unspecified atom stereocenters. The molecule has 0 saturated heterocycles. The lowest BCUT2D eigenvalue weighted by Crippen LogP contribution is -2.47. The minimum Gasteiger partial charge on any atom is -0.480 e. The van der Waals surface area contributed by atoms with E-state index in [4.69, 9.17) is 9.84 Å². The van der Waals surface area contributed by atoms with Crippen LogP contribution in [-0.2, 0) is 19.4 Å². The van der Waals surface area contributed by atoms with Crippen molar-refractivity contribution in [2.75, 3.05) is 39.3 Å². The van der Waals surface area contributed by atoms with E-state index in [9.17, 15) is 18.0 Å². The molecule has 0 aromatic rings. The van der Waals surface area contributed by atoms with E-state index in [0.29, 0.717) is 19.6 Å². The second kappa shape index (κ2) is 8.75. The molecule has 2 amide bonds. The largest absolute Gasteiger partial charge is 0.480 e. The van der Waals surface area contributed by atoms with Crippen LogP contribution in [0.4, 0.5) is 4.79 Å². The number of amides is 2. The molecule has 0 radical (unpaired) electrons. The monoisotopic (exact) mass is 310 g/mol. The van der Waals surface area contributed by atoms with Crippen molar-refractivity contribution in [1.29, 1.82) is 0 Å². The van der Waals surface area contributed by atoms with Crippen molar-refractivity contribution in [3.63, 3.8) is 0 Å². The number of nitrogens with zero attached hydrogens (tertiary/aromatic N) is 1. The predicted octanol–water partition coefficient (Wildman–Crippen LogP) is -0.448. The molecule has 0 rings (SSSR count). The number of urea groups is 1. The number of aliphatic carboxylic acids is 1. The lowest BCUT2D eigenvalue weighted by molar-refractivity contribution is -0.139. The number of carboxylic acid groups (broad SMARTS) is 1. The Morgan fingerprint density at radius 1 is 1.40 bits per heavy atom. The van der Waals surface area contributed by atoms with Gasteiger partial charge in [0.25, 0.3) is 0 Å². The SMILES string of the molecule is COCCCN(C)C(=O)NC(CCS(C)(=O)=O)C(=O)O. The summed E-state index contributed by atoms with van der Waals surface area (Å²) in [6, 6.07) is -1.77. The van der Waals surface area contributed by atoms with Crippen LogP contribution in [0.1, 0.15) is 12.8 Å². The van der Waals surface area contributed by atoms with Crippen LogP contribution < -0.4 is 5.32 Å². The Labute approximate surface area is 119 Å². The summed E-state index contributed by atoms with van der Waals surface area (Å²) in [5.41, 5.74) is 0. The van der Waals surface area contributed by atoms with E-state index in [-0.39, 0.29) is 12.2 Å². The Hall–Kier alpha value is -1.35. The average Bonchev–Trinajstić information content (AvgIpc) is 2.32. The third kappa shape index (κ3) is 8.70. The van der Waals surface area contributed by atoms with E-state index >= 15 is 0 Å². The highest BCUT2D eigenvalue weighted by Crippen LogP contribution is 1.99. The van der Waals surface area contributed by atoms with Gasteiger partial charge in [-0.15, -0.1) is 0 Å². The van der Waals surface area contributed by atoms with Crippen LogP contribution in [0.3, 0.4) is 0 Å². The van der Waals surface area contributed by atoms with Crippen molar-refractivity contribution < 1.29 is 27.9 Å². The standard InChI is InChI=1S/C11H22N2O6S/c1-13(6-4-7-19-2)11(16)12-9(10(14)15)5-8-20(3,17)18/h9H,4-8H2,1-3H3,(H,12,16)(H,14,15). The minimum atomic E-state index is -3.27. The molecule has 2 N–H and O–H groups in total. The first-order valence-electron chi connectivity index (χ1n) is 6.08. The molecule has 0 heterocycles. The van der Waals surface area contributed by atoms with E-state index in [1.165, 1.54) is 11.9 Å². The topological polar surface area (TPSA) is 113 Å². The second-order valence-electron chi connectivity index (χ2n) is 4.53. The van der Waals surface area contributed by atoms with Crippen LogP contribution in [0.2, 0.25) is 0 Å². The van der Waals surface area contributed by atoms with E-state index in [1.807, 2.05) is 0 Å². The van der Waals surface area contributed by atoms with Crippen molar-refractivity contribution in [2.24, 2.45) is 0 Å². The van der Waals surface area contributed by atoms with Crippen LogP contribution in [0.25, 0.3) is 0 Å². The van der Waals surface area contributed by atoms with Crippen LogP contribution >= 0.6 is 0 Å². The van der Waals surface area contributed by atoms with Crippen molar-refractivity contribution in [2.45, 2.75) is 18.9 Å². The third-order valence-electron chi connectivity index (χ3n) is 2.56. The van der Waals surface area contributed by atoms with Crippen LogP contribution in [-0.4, -0.2) is 75.8 Å². The van der Waals surface area contributed by atoms with Gasteiger partial charge in [0, 0.05) is 33.6 Å². The number of methoxy groups -OCH3 is 1. The van der Waals surface area contributed by atoms with Gasteiger partial charge in [-0.1, -0.05) is 0 Å². The highest BCUT2D eigenvalue weighted by molar-refractivity contribution is 7.90. The first-order chi connectivity index (χ1) is 9.17. The van der Waals surface area contributed by atoms with Crippen LogP contribution in [0, 0.1) is 0 Å². The predicted molar refractivity (Wildman–Crippen MR) is 73.4 cm³/mol. The van der Waals surface area contributed by atoms with Crippen LogP contribution in [0.5, 0.6) is 0 Å². The molecule has 20 heavy (non-hydrogen) atoms. The Morgan fingerprint density at radius 2 is 2.00 bits per heavy atom. The van der Waals surface area contributed by atoms with Gasteiger partial charge in [0.2, 0.25) is 0 Å². The maximum atomic E-state index is 11.7. The molecule has 0 aliphatic heterocycles. The summed E-state index contributed by atoms with van der Waals surface area (Å²) in [6.07, 6.45) is 1.48. The molecule has 0 fully saturated rings. The van der Waals surface area contributed by atoms with E-state index in [1.54, 1.807) is 7.11 Å². The fourth-order valence-corrected chi connectivity index (χ4v) is 2.06. The Bertz CT molecular complexity index is 423. The molecule has 0 saturated carbocycles. The molecule has 0 spiro atoms. The Morgan fingerprint density at radius 3 is 2.45 bits per heavy atom. The molecular formula is C11H22N2O6S. The number of sulfone groups is 1. The summed E-state index contributed by atoms with van der Waals surface area (Å²) >= 11 is 0. The molecule has 0 aromatic heterocycles. The fraction of sp³-hybridized carbons (Fsp3) is 0.818. The van der Waals surface area contributed by atoms with Gasteiger partial charge < -0.3 is 20.1 Å². The number of ether oxygens (including phenoxy) is 1. The molecule has 0 bridgehead atoms. The number of carboxylic acids is 1. The number of carbonyl (C=O) groups excluding carboxylic acids is 1. The smallest absolute Gasteiger partial charge is 0.326 e.